The maximum absolute atomic E-state index is 13.0. The quantitative estimate of drug-likeness (QED) is 0.622. The van der Waals surface area contributed by atoms with Crippen molar-refractivity contribution in [1.29, 1.82) is 0 Å². The largest absolute Gasteiger partial charge is 0.493 e. The zero-order valence-electron chi connectivity index (χ0n) is 14.6. The van der Waals surface area contributed by atoms with Crippen LogP contribution in [0.2, 0.25) is 0 Å². The minimum Gasteiger partial charge on any atom is -0.493 e. The lowest BCUT2D eigenvalue weighted by Crippen LogP contribution is -2.09. The molecule has 1 amide bonds. The van der Waals surface area contributed by atoms with Crippen LogP contribution in [-0.2, 0) is 11.0 Å². The fraction of sp³-hybridized carbons (Fsp3) is 0.200. The predicted octanol–water partition coefficient (Wildman–Crippen LogP) is 4.78. The lowest BCUT2D eigenvalue weighted by molar-refractivity contribution is -0.137. The molecular formula is C20H16F3N3O2. The molecule has 144 valence electrons. The lowest BCUT2D eigenvalue weighted by atomic mass is 9.99. The van der Waals surface area contributed by atoms with Gasteiger partial charge in [0.2, 0.25) is 5.91 Å². The van der Waals surface area contributed by atoms with Gasteiger partial charge in [-0.05, 0) is 36.6 Å². The fourth-order valence-corrected chi connectivity index (χ4v) is 3.21. The Morgan fingerprint density at radius 2 is 2.11 bits per heavy atom. The number of aromatic amines is 1. The highest BCUT2D eigenvalue weighted by Gasteiger charge is 2.32. The minimum absolute atomic E-state index is 0.141. The molecule has 0 atom stereocenters. The summed E-state index contributed by atoms with van der Waals surface area (Å²) < 4.78 is 44.4. The molecule has 0 radical (unpaired) electrons. The van der Waals surface area contributed by atoms with Crippen molar-refractivity contribution >= 4 is 28.1 Å². The monoisotopic (exact) mass is 387 g/mol. The number of alkyl halides is 3. The molecule has 2 aromatic carbocycles. The number of fused-ring (bicyclic) bond motifs is 2. The number of aromatic nitrogens is 2. The van der Waals surface area contributed by atoms with E-state index in [0.717, 1.165) is 17.5 Å². The van der Waals surface area contributed by atoms with Crippen LogP contribution in [0.15, 0.2) is 48.7 Å². The van der Waals surface area contributed by atoms with E-state index in [0.29, 0.717) is 41.8 Å². The normalized spacial score (nSPS) is 15.8. The lowest BCUT2D eigenvalue weighted by Gasteiger charge is -2.13. The molecule has 2 N–H and O–H groups in total. The van der Waals surface area contributed by atoms with Crippen molar-refractivity contribution in [3.05, 3.63) is 59.8 Å². The van der Waals surface area contributed by atoms with Gasteiger partial charge in [0.1, 0.15) is 5.75 Å². The molecule has 1 aliphatic heterocycles. The number of para-hydroxylation sites is 1. The number of H-pyrrole nitrogens is 1. The van der Waals surface area contributed by atoms with E-state index in [9.17, 15) is 18.0 Å². The molecule has 0 saturated heterocycles. The van der Waals surface area contributed by atoms with Gasteiger partial charge in [-0.1, -0.05) is 18.2 Å². The number of hydrogen-bond donors (Lipinski definition) is 2. The van der Waals surface area contributed by atoms with Crippen molar-refractivity contribution in [3.63, 3.8) is 0 Å². The van der Waals surface area contributed by atoms with Gasteiger partial charge < -0.3 is 10.1 Å². The van der Waals surface area contributed by atoms with Gasteiger partial charge in [-0.25, -0.2) is 0 Å². The zero-order chi connectivity index (χ0) is 19.7. The Morgan fingerprint density at radius 1 is 1.25 bits per heavy atom. The van der Waals surface area contributed by atoms with Crippen LogP contribution in [0.3, 0.4) is 0 Å². The number of rotatable bonds is 2. The number of carbonyl (C=O) groups is 1. The van der Waals surface area contributed by atoms with E-state index in [-0.39, 0.29) is 11.7 Å². The van der Waals surface area contributed by atoms with Crippen molar-refractivity contribution < 1.29 is 22.7 Å². The molecule has 4 rings (SSSR count). The van der Waals surface area contributed by atoms with Gasteiger partial charge in [0.25, 0.3) is 0 Å². The van der Waals surface area contributed by atoms with Crippen molar-refractivity contribution in [2.75, 3.05) is 11.9 Å². The Hall–Kier alpha value is -3.29. The summed E-state index contributed by atoms with van der Waals surface area (Å²) in [4.78, 5) is 12.6. The first-order chi connectivity index (χ1) is 13.4. The van der Waals surface area contributed by atoms with Crippen molar-refractivity contribution in [2.24, 2.45) is 0 Å². The first-order valence-corrected chi connectivity index (χ1v) is 8.70. The molecule has 0 bridgehead atoms. The van der Waals surface area contributed by atoms with Gasteiger partial charge in [-0.15, -0.1) is 0 Å². The summed E-state index contributed by atoms with van der Waals surface area (Å²) in [7, 11) is 0. The molecule has 0 unspecified atom stereocenters. The molecule has 1 aliphatic rings. The van der Waals surface area contributed by atoms with Crippen LogP contribution in [0.1, 0.15) is 24.0 Å². The minimum atomic E-state index is -4.45. The average Bonchev–Trinajstić information content (AvgIpc) is 3.05. The number of halogens is 3. The van der Waals surface area contributed by atoms with E-state index in [1.807, 2.05) is 6.07 Å². The van der Waals surface area contributed by atoms with Crippen molar-refractivity contribution in [3.8, 4) is 5.75 Å². The Morgan fingerprint density at radius 3 is 2.93 bits per heavy atom. The third-order valence-corrected chi connectivity index (χ3v) is 4.54. The van der Waals surface area contributed by atoms with E-state index in [1.165, 1.54) is 12.1 Å². The summed E-state index contributed by atoms with van der Waals surface area (Å²) in [5.41, 5.74) is 1.64. The summed E-state index contributed by atoms with van der Waals surface area (Å²) >= 11 is 0. The smallest absolute Gasteiger partial charge is 0.416 e. The van der Waals surface area contributed by atoms with E-state index >= 15 is 0 Å². The molecule has 28 heavy (non-hydrogen) atoms. The molecule has 3 aromatic rings. The Bertz CT molecular complexity index is 1070. The Labute approximate surface area is 158 Å². The molecule has 0 aliphatic carbocycles. The zero-order valence-corrected chi connectivity index (χ0v) is 14.6. The van der Waals surface area contributed by atoms with Crippen molar-refractivity contribution in [1.82, 2.24) is 10.2 Å². The third kappa shape index (κ3) is 3.58. The summed E-state index contributed by atoms with van der Waals surface area (Å²) in [5.74, 6) is -0.230. The van der Waals surface area contributed by atoms with Crippen LogP contribution in [0.5, 0.6) is 5.75 Å². The van der Waals surface area contributed by atoms with Gasteiger partial charge in [0.15, 0.2) is 0 Å². The number of anilines is 1. The molecule has 1 aromatic heterocycles. The van der Waals surface area contributed by atoms with Crippen LogP contribution >= 0.6 is 0 Å². The Kier molecular flexibility index (Phi) is 4.54. The molecule has 0 fully saturated rings. The summed E-state index contributed by atoms with van der Waals surface area (Å²) in [5, 5.41) is 10.4. The van der Waals surface area contributed by atoms with Gasteiger partial charge in [-0.2, -0.15) is 18.3 Å². The molecule has 0 spiro atoms. The Balaban J connectivity index is 1.64. The number of nitrogens with zero attached hydrogens (tertiary/aromatic N) is 1. The highest BCUT2D eigenvalue weighted by atomic mass is 19.4. The standard InChI is InChI=1S/C20H16F3N3O2/c21-20(22,23)14-6-7-15-12(4-2-8-28-17(15)10-14)9-18(27)25-16-5-1-3-13-11-24-26-19(13)16/h1,3,5-7,9-11H,2,4,8H2,(H,24,26)(H,25,27)/b12-9+. The van der Waals surface area contributed by atoms with Crippen LogP contribution in [0.4, 0.5) is 18.9 Å². The second-order valence-electron chi connectivity index (χ2n) is 6.46. The highest BCUT2D eigenvalue weighted by Crippen LogP contribution is 2.38. The SMILES string of the molecule is O=C(/C=C1\CCCOc2cc(C(F)(F)F)ccc21)Nc1cccc2cn[nH]c12. The summed E-state index contributed by atoms with van der Waals surface area (Å²) in [6, 6.07) is 8.76. The van der Waals surface area contributed by atoms with Gasteiger partial charge in [0, 0.05) is 17.0 Å². The van der Waals surface area contributed by atoms with Crippen LogP contribution in [0.25, 0.3) is 16.5 Å². The molecule has 0 saturated carbocycles. The highest BCUT2D eigenvalue weighted by molar-refractivity contribution is 6.08. The van der Waals surface area contributed by atoms with Gasteiger partial charge in [0.05, 0.1) is 29.6 Å². The van der Waals surface area contributed by atoms with E-state index in [1.54, 1.807) is 18.3 Å². The molecule has 8 heteroatoms. The number of amides is 1. The fourth-order valence-electron chi connectivity index (χ4n) is 3.21. The number of hydrogen-bond acceptors (Lipinski definition) is 3. The van der Waals surface area contributed by atoms with Crippen LogP contribution < -0.4 is 10.1 Å². The number of benzene rings is 2. The van der Waals surface area contributed by atoms with Crippen LogP contribution in [0, 0.1) is 0 Å². The maximum Gasteiger partial charge on any atom is 0.416 e. The number of allylic oxidation sites excluding steroid dienone is 1. The average molecular weight is 387 g/mol. The van der Waals surface area contributed by atoms with E-state index in [2.05, 4.69) is 15.5 Å². The van der Waals surface area contributed by atoms with Crippen LogP contribution in [-0.4, -0.2) is 22.7 Å². The maximum atomic E-state index is 13.0. The first-order valence-electron chi connectivity index (χ1n) is 8.70. The predicted molar refractivity (Wildman–Crippen MR) is 98.9 cm³/mol. The third-order valence-electron chi connectivity index (χ3n) is 4.54. The second kappa shape index (κ2) is 7.03. The first kappa shape index (κ1) is 18.1. The number of carbonyl (C=O) groups excluding carboxylic acids is 1. The van der Waals surface area contributed by atoms with E-state index in [4.69, 9.17) is 4.74 Å². The summed E-state index contributed by atoms with van der Waals surface area (Å²) in [6.45, 7) is 0.292. The topological polar surface area (TPSA) is 67.0 Å². The number of ether oxygens (including phenoxy) is 1. The van der Waals surface area contributed by atoms with E-state index < -0.39 is 11.7 Å². The van der Waals surface area contributed by atoms with Crippen molar-refractivity contribution in [2.45, 2.75) is 19.0 Å². The second-order valence-corrected chi connectivity index (χ2v) is 6.46. The molecular weight excluding hydrogens is 371 g/mol. The van der Waals surface area contributed by atoms with Gasteiger partial charge in [-0.3, -0.25) is 9.89 Å². The summed E-state index contributed by atoms with van der Waals surface area (Å²) in [6.07, 6.45) is -0.253. The van der Waals surface area contributed by atoms with Gasteiger partial charge >= 0.3 is 6.18 Å². The molecule has 5 nitrogen and oxygen atoms in total. The number of nitrogens with one attached hydrogen (secondary N) is 2. The molecule has 2 heterocycles.